The van der Waals surface area contributed by atoms with Crippen LogP contribution in [0, 0.1) is 0 Å². The first-order chi connectivity index (χ1) is 10.1. The van der Waals surface area contributed by atoms with Gasteiger partial charge in [-0.15, -0.1) is 0 Å². The van der Waals surface area contributed by atoms with Crippen LogP contribution < -0.4 is 10.1 Å². The fourth-order valence-corrected chi connectivity index (χ4v) is 3.56. The SMILES string of the molecule is CCCOc1ccc(Br)cc1CNCC(CC)(CC)SC. The zero-order valence-electron chi connectivity index (χ0n) is 13.7. The highest BCUT2D eigenvalue weighted by atomic mass is 79.9. The molecule has 0 aliphatic rings. The van der Waals surface area contributed by atoms with E-state index in [0.717, 1.165) is 36.3 Å². The van der Waals surface area contributed by atoms with Gasteiger partial charge in [-0.3, -0.25) is 0 Å². The molecule has 1 N–H and O–H groups in total. The molecule has 1 rings (SSSR count). The van der Waals surface area contributed by atoms with Crippen molar-refractivity contribution < 1.29 is 4.74 Å². The van der Waals surface area contributed by atoms with Gasteiger partial charge in [0.25, 0.3) is 0 Å². The maximum Gasteiger partial charge on any atom is 0.123 e. The van der Waals surface area contributed by atoms with Crippen LogP contribution in [-0.4, -0.2) is 24.2 Å². The van der Waals surface area contributed by atoms with Gasteiger partial charge in [-0.2, -0.15) is 11.8 Å². The molecule has 0 bridgehead atoms. The number of hydrogen-bond donors (Lipinski definition) is 1. The molecule has 0 amide bonds. The Balaban J connectivity index is 2.67. The lowest BCUT2D eigenvalue weighted by Gasteiger charge is -2.30. The Morgan fingerprint density at radius 3 is 2.52 bits per heavy atom. The number of ether oxygens (including phenoxy) is 1. The van der Waals surface area contributed by atoms with Crippen molar-refractivity contribution in [1.29, 1.82) is 0 Å². The average molecular weight is 374 g/mol. The number of rotatable bonds is 10. The molecule has 1 aromatic rings. The smallest absolute Gasteiger partial charge is 0.123 e. The standard InChI is InChI=1S/C17H28BrNOS/c1-5-10-20-16-9-8-15(18)11-14(16)12-19-13-17(6-2,7-3)21-4/h8-9,11,19H,5-7,10,12-13H2,1-4H3. The summed E-state index contributed by atoms with van der Waals surface area (Å²) >= 11 is 5.52. The largest absolute Gasteiger partial charge is 0.493 e. The molecule has 0 saturated heterocycles. The fraction of sp³-hybridized carbons (Fsp3) is 0.647. The molecule has 0 spiro atoms. The summed E-state index contributed by atoms with van der Waals surface area (Å²) in [6, 6.07) is 6.24. The van der Waals surface area contributed by atoms with Crippen LogP contribution in [0.3, 0.4) is 0 Å². The van der Waals surface area contributed by atoms with Crippen LogP contribution in [0.15, 0.2) is 22.7 Å². The van der Waals surface area contributed by atoms with E-state index < -0.39 is 0 Å². The summed E-state index contributed by atoms with van der Waals surface area (Å²) in [5.74, 6) is 0.996. The third-order valence-corrected chi connectivity index (χ3v) is 6.05. The van der Waals surface area contributed by atoms with Crippen molar-refractivity contribution in [3.05, 3.63) is 28.2 Å². The highest BCUT2D eigenvalue weighted by Gasteiger charge is 2.24. The minimum atomic E-state index is 0.344. The van der Waals surface area contributed by atoms with Gasteiger partial charge in [-0.25, -0.2) is 0 Å². The summed E-state index contributed by atoms with van der Waals surface area (Å²) < 4.78 is 7.28. The number of thioether (sulfide) groups is 1. The van der Waals surface area contributed by atoms with E-state index in [4.69, 9.17) is 4.74 Å². The van der Waals surface area contributed by atoms with Crippen molar-refractivity contribution in [3.8, 4) is 5.75 Å². The first-order valence-electron chi connectivity index (χ1n) is 7.77. The van der Waals surface area contributed by atoms with E-state index in [-0.39, 0.29) is 0 Å². The van der Waals surface area contributed by atoms with Gasteiger partial charge < -0.3 is 10.1 Å². The third kappa shape index (κ3) is 5.84. The molecule has 0 aliphatic heterocycles. The monoisotopic (exact) mass is 373 g/mol. The van der Waals surface area contributed by atoms with E-state index in [1.54, 1.807) is 0 Å². The predicted octanol–water partition coefficient (Wildman–Crippen LogP) is 5.25. The van der Waals surface area contributed by atoms with Gasteiger partial charge in [0.1, 0.15) is 5.75 Å². The van der Waals surface area contributed by atoms with Gasteiger partial charge in [0.15, 0.2) is 0 Å². The lowest BCUT2D eigenvalue weighted by atomic mass is 10.0. The fourth-order valence-electron chi connectivity index (χ4n) is 2.32. The number of hydrogen-bond acceptors (Lipinski definition) is 3. The Kier molecular flexibility index (Phi) is 8.76. The summed E-state index contributed by atoms with van der Waals surface area (Å²) in [5.41, 5.74) is 1.22. The van der Waals surface area contributed by atoms with E-state index in [2.05, 4.69) is 60.4 Å². The van der Waals surface area contributed by atoms with E-state index in [9.17, 15) is 0 Å². The number of benzene rings is 1. The molecular formula is C17H28BrNOS. The topological polar surface area (TPSA) is 21.3 Å². The zero-order chi connectivity index (χ0) is 15.7. The van der Waals surface area contributed by atoms with Crippen molar-refractivity contribution in [2.45, 2.75) is 51.3 Å². The molecule has 0 saturated carbocycles. The van der Waals surface area contributed by atoms with Gasteiger partial charge in [-0.1, -0.05) is 36.7 Å². The molecule has 0 fully saturated rings. The van der Waals surface area contributed by atoms with Crippen LogP contribution in [-0.2, 0) is 6.54 Å². The lowest BCUT2D eigenvalue weighted by Crippen LogP contribution is -2.36. The Labute approximate surface area is 142 Å². The summed E-state index contributed by atoms with van der Waals surface area (Å²) in [6.45, 7) is 9.33. The second kappa shape index (κ2) is 9.75. The molecule has 21 heavy (non-hydrogen) atoms. The maximum absolute atomic E-state index is 5.84. The Bertz CT molecular complexity index is 413. The van der Waals surface area contributed by atoms with E-state index >= 15 is 0 Å². The normalized spacial score (nSPS) is 11.7. The molecular weight excluding hydrogens is 346 g/mol. The Morgan fingerprint density at radius 1 is 1.24 bits per heavy atom. The van der Waals surface area contributed by atoms with E-state index in [0.29, 0.717) is 4.75 Å². The summed E-state index contributed by atoms with van der Waals surface area (Å²) in [6.07, 6.45) is 5.62. The molecule has 1 aromatic carbocycles. The molecule has 4 heteroatoms. The van der Waals surface area contributed by atoms with Crippen molar-refractivity contribution in [2.24, 2.45) is 0 Å². The minimum Gasteiger partial charge on any atom is -0.493 e. The molecule has 0 aromatic heterocycles. The number of halogens is 1. The van der Waals surface area contributed by atoms with Crippen LogP contribution in [0.1, 0.15) is 45.6 Å². The molecule has 120 valence electrons. The molecule has 0 atom stereocenters. The Hall–Kier alpha value is -0.190. The van der Waals surface area contributed by atoms with Gasteiger partial charge in [0.2, 0.25) is 0 Å². The zero-order valence-corrected chi connectivity index (χ0v) is 16.1. The quantitative estimate of drug-likeness (QED) is 0.604. The van der Waals surface area contributed by atoms with Crippen molar-refractivity contribution in [1.82, 2.24) is 5.32 Å². The molecule has 0 radical (unpaired) electrons. The summed E-state index contributed by atoms with van der Waals surface area (Å²) in [7, 11) is 0. The first-order valence-corrected chi connectivity index (χ1v) is 9.79. The van der Waals surface area contributed by atoms with Crippen molar-refractivity contribution in [2.75, 3.05) is 19.4 Å². The van der Waals surface area contributed by atoms with Gasteiger partial charge in [0.05, 0.1) is 6.61 Å². The molecule has 0 aliphatic carbocycles. The van der Waals surface area contributed by atoms with E-state index in [1.165, 1.54) is 18.4 Å². The summed E-state index contributed by atoms with van der Waals surface area (Å²) in [5, 5.41) is 3.62. The lowest BCUT2D eigenvalue weighted by molar-refractivity contribution is 0.313. The number of nitrogens with one attached hydrogen (secondary N) is 1. The molecule has 0 unspecified atom stereocenters. The van der Waals surface area contributed by atoms with Gasteiger partial charge in [0, 0.05) is 27.9 Å². The van der Waals surface area contributed by atoms with Crippen LogP contribution in [0.2, 0.25) is 0 Å². The van der Waals surface area contributed by atoms with Crippen LogP contribution in [0.5, 0.6) is 5.75 Å². The second-order valence-corrected chi connectivity index (χ2v) is 7.49. The first kappa shape index (κ1) is 18.9. The maximum atomic E-state index is 5.84. The Morgan fingerprint density at radius 2 is 1.95 bits per heavy atom. The minimum absolute atomic E-state index is 0.344. The third-order valence-electron chi connectivity index (χ3n) is 3.97. The van der Waals surface area contributed by atoms with Crippen molar-refractivity contribution >= 4 is 27.7 Å². The highest BCUT2D eigenvalue weighted by Crippen LogP contribution is 2.30. The van der Waals surface area contributed by atoms with Crippen molar-refractivity contribution in [3.63, 3.8) is 0 Å². The van der Waals surface area contributed by atoms with Crippen LogP contribution >= 0.6 is 27.7 Å². The molecule has 2 nitrogen and oxygen atoms in total. The summed E-state index contributed by atoms with van der Waals surface area (Å²) in [4.78, 5) is 0. The average Bonchev–Trinajstić information content (AvgIpc) is 2.51. The second-order valence-electron chi connectivity index (χ2n) is 5.30. The highest BCUT2D eigenvalue weighted by molar-refractivity contribution is 9.10. The predicted molar refractivity (Wildman–Crippen MR) is 98.5 cm³/mol. The van der Waals surface area contributed by atoms with Gasteiger partial charge >= 0.3 is 0 Å². The van der Waals surface area contributed by atoms with Crippen LogP contribution in [0.4, 0.5) is 0 Å². The van der Waals surface area contributed by atoms with Crippen LogP contribution in [0.25, 0.3) is 0 Å². The van der Waals surface area contributed by atoms with Gasteiger partial charge in [-0.05, 0) is 43.7 Å². The van der Waals surface area contributed by atoms with E-state index in [1.807, 2.05) is 17.8 Å². The molecule has 0 heterocycles.